The monoisotopic (exact) mass is 415 g/mol. The molecule has 1 aliphatic rings. The van der Waals surface area contributed by atoms with Crippen LogP contribution in [-0.2, 0) is 10.3 Å². The average molecular weight is 416 g/mol. The third-order valence-electron chi connectivity index (χ3n) is 4.60. The molecule has 1 unspecified atom stereocenters. The van der Waals surface area contributed by atoms with E-state index in [9.17, 15) is 17.6 Å². The molecule has 1 atom stereocenters. The van der Waals surface area contributed by atoms with Crippen LogP contribution < -0.4 is 22.1 Å². The van der Waals surface area contributed by atoms with Gasteiger partial charge in [-0.3, -0.25) is 0 Å². The average Bonchev–Trinajstić information content (AvgIpc) is 2.65. The van der Waals surface area contributed by atoms with Crippen molar-refractivity contribution in [3.63, 3.8) is 0 Å². The van der Waals surface area contributed by atoms with Crippen molar-refractivity contribution < 1.29 is 44.4 Å². The maximum Gasteiger partial charge on any atom is 0.428 e. The van der Waals surface area contributed by atoms with Gasteiger partial charge in [0.2, 0.25) is 11.3 Å². The number of methoxy groups -OCH3 is 2. The zero-order chi connectivity index (χ0) is 19.7. The van der Waals surface area contributed by atoms with E-state index >= 15 is 0 Å². The smallest absolute Gasteiger partial charge is 0.428 e. The van der Waals surface area contributed by atoms with Gasteiger partial charge in [-0.05, 0) is 42.0 Å². The fourth-order valence-electron chi connectivity index (χ4n) is 3.08. The summed E-state index contributed by atoms with van der Waals surface area (Å²) in [5.74, 6) is -0.0497. The molecule has 150 valence electrons. The molecule has 0 spiro atoms. The highest BCUT2D eigenvalue weighted by molar-refractivity contribution is 6.08. The summed E-state index contributed by atoms with van der Waals surface area (Å²) in [5, 5.41) is 0. The van der Waals surface area contributed by atoms with E-state index in [2.05, 4.69) is 4.99 Å². The Morgan fingerprint density at radius 3 is 2.29 bits per heavy atom. The number of hydrogen-bond donors (Lipinski definition) is 1. The zero-order valence-electron chi connectivity index (χ0n) is 15.1. The second-order valence-electron chi connectivity index (χ2n) is 6.09. The predicted molar refractivity (Wildman–Crippen MR) is 93.1 cm³/mol. The van der Waals surface area contributed by atoms with Gasteiger partial charge in [-0.15, -0.1) is 0 Å². The Morgan fingerprint density at radius 2 is 1.71 bits per heavy atom. The zero-order valence-corrected chi connectivity index (χ0v) is 15.9. The second-order valence-corrected chi connectivity index (χ2v) is 6.09. The lowest BCUT2D eigenvalue weighted by Crippen LogP contribution is -3.00. The van der Waals surface area contributed by atoms with Gasteiger partial charge < -0.3 is 21.9 Å². The number of fused-ring (bicyclic) bond motifs is 1. The third-order valence-corrected chi connectivity index (χ3v) is 4.60. The minimum atomic E-state index is -4.62. The molecular formula is C20H18ClF4NO2. The Labute approximate surface area is 166 Å². The topological polar surface area (TPSA) is 32.4 Å². The molecule has 1 aliphatic heterocycles. The normalized spacial score (nSPS) is 19.0. The number of rotatable bonds is 4. The minimum Gasteiger partial charge on any atom is -1.00 e. The van der Waals surface area contributed by atoms with Crippen LogP contribution in [0.2, 0.25) is 0 Å². The van der Waals surface area contributed by atoms with E-state index in [4.69, 9.17) is 9.47 Å². The lowest BCUT2D eigenvalue weighted by Gasteiger charge is -2.34. The molecule has 0 radical (unpaired) electrons. The number of benzene rings is 2. The molecule has 0 aliphatic carbocycles. The van der Waals surface area contributed by atoms with Gasteiger partial charge in [0.15, 0.2) is 6.54 Å². The molecule has 3 nitrogen and oxygen atoms in total. The van der Waals surface area contributed by atoms with Crippen LogP contribution in [0.3, 0.4) is 0 Å². The fourth-order valence-corrected chi connectivity index (χ4v) is 3.08. The maximum atomic E-state index is 13.9. The van der Waals surface area contributed by atoms with Crippen molar-refractivity contribution >= 4 is 11.8 Å². The highest BCUT2D eigenvalue weighted by Gasteiger charge is 2.61. The standard InChI is InChI=1S/C20H17F4NO2.ClH/c1-26-15-8-9-16-17(11-15)19(27-2,20(22,23)24)12-25-18(16)10-5-13-3-6-14(21)7-4-13;/h3-11H,12H2,1-2H3;1H. The summed E-state index contributed by atoms with van der Waals surface area (Å²) < 4.78 is 64.7. The molecule has 2 aromatic carbocycles. The van der Waals surface area contributed by atoms with Gasteiger partial charge >= 0.3 is 6.18 Å². The van der Waals surface area contributed by atoms with Crippen molar-refractivity contribution in [2.45, 2.75) is 11.8 Å². The number of halogens is 5. The van der Waals surface area contributed by atoms with Crippen molar-refractivity contribution in [1.29, 1.82) is 0 Å². The van der Waals surface area contributed by atoms with Crippen LogP contribution in [0.1, 0.15) is 16.7 Å². The van der Waals surface area contributed by atoms with Gasteiger partial charge in [-0.2, -0.15) is 13.2 Å². The molecule has 1 heterocycles. The van der Waals surface area contributed by atoms with Gasteiger partial charge in [0.1, 0.15) is 11.6 Å². The molecule has 0 bridgehead atoms. The van der Waals surface area contributed by atoms with Crippen molar-refractivity contribution in [1.82, 2.24) is 0 Å². The Kier molecular flexibility index (Phi) is 6.52. The Bertz CT molecular complexity index is 894. The SMILES string of the molecule is COc1ccc2c(c1)C(OC)(C(F)(F)F)C[NH+]=C2C=Cc1ccc(F)cc1.[Cl-]. The van der Waals surface area contributed by atoms with E-state index < -0.39 is 18.3 Å². The van der Waals surface area contributed by atoms with E-state index in [-0.39, 0.29) is 23.8 Å². The first kappa shape index (κ1) is 21.9. The summed E-state index contributed by atoms with van der Waals surface area (Å²) in [6.45, 7) is -0.476. The first-order valence-electron chi connectivity index (χ1n) is 8.16. The number of nitrogens with one attached hydrogen (secondary N) is 1. The molecule has 8 heteroatoms. The van der Waals surface area contributed by atoms with Gasteiger partial charge in [0, 0.05) is 18.7 Å². The van der Waals surface area contributed by atoms with Gasteiger partial charge in [0.25, 0.3) is 0 Å². The lowest BCUT2D eigenvalue weighted by atomic mass is 9.84. The van der Waals surface area contributed by atoms with Crippen LogP contribution in [0, 0.1) is 5.82 Å². The molecule has 0 saturated heterocycles. The Balaban J connectivity index is 0.00000280. The number of hydrogen-bond acceptors (Lipinski definition) is 2. The van der Waals surface area contributed by atoms with Crippen LogP contribution in [0.15, 0.2) is 48.5 Å². The molecule has 0 saturated carbocycles. The van der Waals surface area contributed by atoms with Crippen LogP contribution in [0.4, 0.5) is 17.6 Å². The van der Waals surface area contributed by atoms with Gasteiger partial charge in [0.05, 0.1) is 12.7 Å². The van der Waals surface area contributed by atoms with Crippen molar-refractivity contribution in [2.24, 2.45) is 0 Å². The molecule has 3 rings (SSSR count). The summed E-state index contributed by atoms with van der Waals surface area (Å²) in [4.78, 5) is 2.81. The van der Waals surface area contributed by atoms with E-state index in [1.807, 2.05) is 0 Å². The van der Waals surface area contributed by atoms with E-state index in [0.29, 0.717) is 17.0 Å². The van der Waals surface area contributed by atoms with Crippen molar-refractivity contribution in [3.05, 3.63) is 71.0 Å². The van der Waals surface area contributed by atoms with Crippen LogP contribution >= 0.6 is 0 Å². The Hall–Kier alpha value is -2.38. The van der Waals surface area contributed by atoms with Gasteiger partial charge in [-0.25, -0.2) is 9.38 Å². The van der Waals surface area contributed by atoms with E-state index in [1.54, 1.807) is 36.4 Å². The lowest BCUT2D eigenvalue weighted by molar-refractivity contribution is -0.506. The van der Waals surface area contributed by atoms with Crippen LogP contribution in [0.25, 0.3) is 6.08 Å². The predicted octanol–water partition coefficient (Wildman–Crippen LogP) is -0.161. The molecule has 2 aromatic rings. The second kappa shape index (κ2) is 8.32. The summed E-state index contributed by atoms with van der Waals surface area (Å²) in [6, 6.07) is 10.3. The quantitative estimate of drug-likeness (QED) is 0.704. The van der Waals surface area contributed by atoms with Crippen LogP contribution in [-0.4, -0.2) is 32.7 Å². The number of alkyl halides is 3. The minimum absolute atomic E-state index is 0. The Morgan fingerprint density at radius 1 is 1.04 bits per heavy atom. The molecule has 28 heavy (non-hydrogen) atoms. The third kappa shape index (κ3) is 3.91. The van der Waals surface area contributed by atoms with Crippen molar-refractivity contribution in [2.75, 3.05) is 20.8 Å². The fraction of sp³-hybridized carbons (Fsp3) is 0.250. The summed E-state index contributed by atoms with van der Waals surface area (Å²) in [7, 11) is 2.43. The first-order valence-corrected chi connectivity index (χ1v) is 8.16. The highest BCUT2D eigenvalue weighted by Crippen LogP contribution is 2.44. The summed E-state index contributed by atoms with van der Waals surface area (Å²) in [5.41, 5.74) is -0.910. The number of ether oxygens (including phenoxy) is 2. The highest BCUT2D eigenvalue weighted by atomic mass is 35.5. The van der Waals surface area contributed by atoms with Crippen LogP contribution in [0.5, 0.6) is 5.75 Å². The molecule has 0 amide bonds. The number of allylic oxidation sites excluding steroid dienone is 1. The van der Waals surface area contributed by atoms with E-state index in [0.717, 1.165) is 12.7 Å². The van der Waals surface area contributed by atoms with Crippen molar-refractivity contribution in [3.8, 4) is 5.75 Å². The summed E-state index contributed by atoms with van der Waals surface area (Å²) in [6.07, 6.45) is -1.26. The molecule has 0 aromatic heterocycles. The molecule has 0 fully saturated rings. The van der Waals surface area contributed by atoms with E-state index in [1.165, 1.54) is 25.3 Å². The molecule has 1 N–H and O–H groups in total. The summed E-state index contributed by atoms with van der Waals surface area (Å²) >= 11 is 0. The maximum absolute atomic E-state index is 13.9. The largest absolute Gasteiger partial charge is 1.00 e. The molecular weight excluding hydrogens is 398 g/mol. The first-order chi connectivity index (χ1) is 12.8. The van der Waals surface area contributed by atoms with Gasteiger partial charge in [-0.1, -0.05) is 12.1 Å².